The number of hydrogen-bond donors (Lipinski definition) is 1. The topological polar surface area (TPSA) is 91.4 Å². The number of aromatic nitrogens is 3. The van der Waals surface area contributed by atoms with Crippen LogP contribution in [0.25, 0.3) is 16.6 Å². The largest absolute Gasteiger partial charge is 0.483 e. The minimum atomic E-state index is -0.302. The maximum absolute atomic E-state index is 12.6. The zero-order valence-corrected chi connectivity index (χ0v) is 18.7. The highest BCUT2D eigenvalue weighted by Gasteiger charge is 2.32. The molecule has 0 aliphatic carbocycles. The number of amides is 1. The average molecular weight is 451 g/mol. The Labute approximate surface area is 188 Å². The van der Waals surface area contributed by atoms with E-state index in [-0.39, 0.29) is 18.1 Å². The Balaban J connectivity index is 1.29. The maximum atomic E-state index is 12.6. The van der Waals surface area contributed by atoms with Gasteiger partial charge < -0.3 is 19.2 Å². The van der Waals surface area contributed by atoms with Gasteiger partial charge in [-0.25, -0.2) is 4.98 Å². The molecule has 0 bridgehead atoms. The average Bonchev–Trinajstić information content (AvgIpc) is 3.51. The van der Waals surface area contributed by atoms with E-state index in [2.05, 4.69) is 15.4 Å². The van der Waals surface area contributed by atoms with Crippen molar-refractivity contribution in [1.29, 1.82) is 0 Å². The van der Waals surface area contributed by atoms with Gasteiger partial charge in [-0.2, -0.15) is 9.78 Å². The zero-order valence-electron chi connectivity index (χ0n) is 17.9. The number of hydrogen-bond acceptors (Lipinski definition) is 7. The van der Waals surface area contributed by atoms with Gasteiger partial charge in [0.25, 0.3) is 5.91 Å². The normalized spacial score (nSPS) is 14.1. The third-order valence-electron chi connectivity index (χ3n) is 4.96. The standard InChI is InChI=1S/C23H22N4O4S/c1-14-10-19(27(26-14)22-24-16(13-32-22)17-8-5-9-29-17)25-20(28)12-30-18-7-4-6-15-11-23(2,3)31-21(15)18/h4-10,13H,11-12H2,1-3H3,(H,25,28). The molecule has 0 unspecified atom stereocenters. The van der Waals surface area contributed by atoms with Gasteiger partial charge in [-0.15, -0.1) is 11.3 Å². The second-order valence-corrected chi connectivity index (χ2v) is 9.03. The summed E-state index contributed by atoms with van der Waals surface area (Å²) in [7, 11) is 0. The Kier molecular flexibility index (Phi) is 4.97. The molecule has 1 aliphatic rings. The van der Waals surface area contributed by atoms with Crippen LogP contribution in [0.3, 0.4) is 0 Å². The van der Waals surface area contributed by atoms with Gasteiger partial charge in [0.1, 0.15) is 17.1 Å². The monoisotopic (exact) mass is 450 g/mol. The molecule has 5 rings (SSSR count). The third kappa shape index (κ3) is 3.99. The van der Waals surface area contributed by atoms with Crippen molar-refractivity contribution >= 4 is 23.1 Å². The van der Waals surface area contributed by atoms with Crippen LogP contribution in [0.15, 0.2) is 52.5 Å². The number of carbonyl (C=O) groups excluding carboxylic acids is 1. The van der Waals surface area contributed by atoms with Gasteiger partial charge in [0.2, 0.25) is 5.13 Å². The molecule has 0 fully saturated rings. The lowest BCUT2D eigenvalue weighted by atomic mass is 10.0. The van der Waals surface area contributed by atoms with E-state index >= 15 is 0 Å². The Morgan fingerprint density at radius 3 is 3.00 bits per heavy atom. The minimum absolute atomic E-state index is 0.153. The number of para-hydroxylation sites is 1. The lowest BCUT2D eigenvalue weighted by molar-refractivity contribution is -0.118. The molecule has 4 aromatic rings. The van der Waals surface area contributed by atoms with E-state index in [1.165, 1.54) is 11.3 Å². The number of anilines is 1. The van der Waals surface area contributed by atoms with Crippen LogP contribution in [-0.4, -0.2) is 32.9 Å². The number of thiazole rings is 1. The van der Waals surface area contributed by atoms with Gasteiger partial charge in [0, 0.05) is 23.4 Å². The summed E-state index contributed by atoms with van der Waals surface area (Å²) in [5, 5.41) is 9.84. The van der Waals surface area contributed by atoms with Crippen LogP contribution in [0.4, 0.5) is 5.82 Å². The van der Waals surface area contributed by atoms with Crippen LogP contribution in [0.1, 0.15) is 25.1 Å². The molecule has 0 saturated heterocycles. The van der Waals surface area contributed by atoms with Crippen LogP contribution in [-0.2, 0) is 11.2 Å². The van der Waals surface area contributed by atoms with Crippen molar-refractivity contribution in [3.8, 4) is 28.1 Å². The zero-order chi connectivity index (χ0) is 22.3. The maximum Gasteiger partial charge on any atom is 0.263 e. The molecule has 1 N–H and O–H groups in total. The molecule has 4 heterocycles. The highest BCUT2D eigenvalue weighted by Crippen LogP contribution is 2.41. The molecule has 1 aliphatic heterocycles. The predicted octanol–water partition coefficient (Wildman–Crippen LogP) is 4.63. The van der Waals surface area contributed by atoms with E-state index in [1.807, 2.05) is 56.5 Å². The number of aryl methyl sites for hydroxylation is 1. The molecular weight excluding hydrogens is 428 g/mol. The number of rotatable bonds is 6. The van der Waals surface area contributed by atoms with Gasteiger partial charge >= 0.3 is 0 Å². The van der Waals surface area contributed by atoms with Crippen molar-refractivity contribution in [1.82, 2.24) is 14.8 Å². The summed E-state index contributed by atoms with van der Waals surface area (Å²) in [4.78, 5) is 17.2. The fourth-order valence-corrected chi connectivity index (χ4v) is 4.43. The van der Waals surface area contributed by atoms with Gasteiger partial charge in [-0.05, 0) is 39.0 Å². The minimum Gasteiger partial charge on any atom is -0.483 e. The van der Waals surface area contributed by atoms with Crippen molar-refractivity contribution in [3.05, 3.63) is 59.3 Å². The first-order chi connectivity index (χ1) is 15.4. The number of nitrogens with zero attached hydrogens (tertiary/aromatic N) is 3. The van der Waals surface area contributed by atoms with Gasteiger partial charge in [-0.1, -0.05) is 12.1 Å². The number of fused-ring (bicyclic) bond motifs is 1. The van der Waals surface area contributed by atoms with E-state index < -0.39 is 0 Å². The smallest absolute Gasteiger partial charge is 0.263 e. The Morgan fingerprint density at radius 2 is 2.19 bits per heavy atom. The molecule has 32 heavy (non-hydrogen) atoms. The highest BCUT2D eigenvalue weighted by molar-refractivity contribution is 7.12. The van der Waals surface area contributed by atoms with Crippen molar-refractivity contribution in [2.24, 2.45) is 0 Å². The molecule has 3 aromatic heterocycles. The second-order valence-electron chi connectivity index (χ2n) is 8.20. The van der Waals surface area contributed by atoms with E-state index in [4.69, 9.17) is 13.9 Å². The number of benzene rings is 1. The van der Waals surface area contributed by atoms with Gasteiger partial charge in [-0.3, -0.25) is 4.79 Å². The predicted molar refractivity (Wildman–Crippen MR) is 121 cm³/mol. The molecule has 0 saturated carbocycles. The molecule has 1 aromatic carbocycles. The number of furan rings is 1. The molecule has 0 atom stereocenters. The van der Waals surface area contributed by atoms with Crippen LogP contribution >= 0.6 is 11.3 Å². The van der Waals surface area contributed by atoms with E-state index in [0.717, 1.165) is 17.7 Å². The van der Waals surface area contributed by atoms with Crippen LogP contribution in [0.2, 0.25) is 0 Å². The summed E-state index contributed by atoms with van der Waals surface area (Å²) in [6.45, 7) is 5.77. The highest BCUT2D eigenvalue weighted by atomic mass is 32.1. The summed E-state index contributed by atoms with van der Waals surface area (Å²) in [6, 6.07) is 11.2. The molecule has 8 nitrogen and oxygen atoms in total. The molecular formula is C23H22N4O4S. The number of nitrogens with one attached hydrogen (secondary N) is 1. The fourth-order valence-electron chi connectivity index (χ4n) is 3.66. The third-order valence-corrected chi connectivity index (χ3v) is 5.78. The van der Waals surface area contributed by atoms with Gasteiger partial charge in [0.15, 0.2) is 23.9 Å². The molecule has 0 radical (unpaired) electrons. The van der Waals surface area contributed by atoms with Crippen molar-refractivity contribution in [3.63, 3.8) is 0 Å². The summed E-state index contributed by atoms with van der Waals surface area (Å²) in [5.41, 5.74) is 2.27. The van der Waals surface area contributed by atoms with Gasteiger partial charge in [0.05, 0.1) is 12.0 Å². The quantitative estimate of drug-likeness (QED) is 0.461. The lowest BCUT2D eigenvalue weighted by Gasteiger charge is -2.18. The van der Waals surface area contributed by atoms with Crippen LogP contribution < -0.4 is 14.8 Å². The Hall–Kier alpha value is -3.59. The summed E-state index contributed by atoms with van der Waals surface area (Å²) >= 11 is 1.41. The summed E-state index contributed by atoms with van der Waals surface area (Å²) in [6.07, 6.45) is 2.41. The Morgan fingerprint density at radius 1 is 1.31 bits per heavy atom. The fraction of sp³-hybridized carbons (Fsp3) is 0.261. The lowest BCUT2D eigenvalue weighted by Crippen LogP contribution is -2.25. The summed E-state index contributed by atoms with van der Waals surface area (Å²) < 4.78 is 18.8. The molecule has 9 heteroatoms. The van der Waals surface area contributed by atoms with Crippen LogP contribution in [0, 0.1) is 6.92 Å². The molecule has 164 valence electrons. The van der Waals surface area contributed by atoms with E-state index in [9.17, 15) is 4.79 Å². The number of ether oxygens (including phenoxy) is 2. The Bertz CT molecular complexity index is 1270. The molecule has 1 amide bonds. The van der Waals surface area contributed by atoms with E-state index in [1.54, 1.807) is 17.0 Å². The van der Waals surface area contributed by atoms with Crippen molar-refractivity contribution < 1.29 is 18.7 Å². The first-order valence-corrected chi connectivity index (χ1v) is 11.1. The molecule has 0 spiro atoms. The number of carbonyl (C=O) groups is 1. The SMILES string of the molecule is Cc1cc(NC(=O)COc2cccc3c2OC(C)(C)C3)n(-c2nc(-c3ccco3)cs2)n1. The second kappa shape index (κ2) is 7.83. The van der Waals surface area contributed by atoms with E-state index in [0.29, 0.717) is 33.9 Å². The first kappa shape index (κ1) is 20.3. The summed E-state index contributed by atoms with van der Waals surface area (Å²) in [5.74, 6) is 2.17. The first-order valence-electron chi connectivity index (χ1n) is 10.2. The van der Waals surface area contributed by atoms with Crippen LogP contribution in [0.5, 0.6) is 11.5 Å². The van der Waals surface area contributed by atoms with Crippen molar-refractivity contribution in [2.45, 2.75) is 32.8 Å². The van der Waals surface area contributed by atoms with Crippen molar-refractivity contribution in [2.75, 3.05) is 11.9 Å².